The summed E-state index contributed by atoms with van der Waals surface area (Å²) in [6, 6.07) is 9.95. The summed E-state index contributed by atoms with van der Waals surface area (Å²) in [6.45, 7) is 3.32. The Balaban J connectivity index is 0.00000312. The van der Waals surface area contributed by atoms with Gasteiger partial charge in [0.2, 0.25) is 10.0 Å². The van der Waals surface area contributed by atoms with E-state index < -0.39 is 10.0 Å². The molecule has 6 nitrogen and oxygen atoms in total. The standard InChI is InChI=1S/C17H28N4O2S.HI/c1-2-18-17(21-16-10-6-7-11-16)19-12-13-24(22,23)20-14-15-8-4-3-5-9-15;/h3-5,8-9,16,20H,2,6-7,10-14H2,1H3,(H2,18,19,21);1H. The van der Waals surface area contributed by atoms with Gasteiger partial charge in [0.05, 0.1) is 12.3 Å². The van der Waals surface area contributed by atoms with Crippen LogP contribution in [0.25, 0.3) is 0 Å². The average molecular weight is 480 g/mol. The molecule has 0 aliphatic heterocycles. The van der Waals surface area contributed by atoms with Gasteiger partial charge < -0.3 is 10.6 Å². The number of aliphatic imine (C=N–C) groups is 1. The van der Waals surface area contributed by atoms with E-state index in [1.165, 1.54) is 12.8 Å². The molecule has 1 fully saturated rings. The number of benzene rings is 1. The SMILES string of the molecule is CCNC(=NCCS(=O)(=O)NCc1ccccc1)NC1CCCC1.I. The Morgan fingerprint density at radius 1 is 1.20 bits per heavy atom. The minimum absolute atomic E-state index is 0. The van der Waals surface area contributed by atoms with Gasteiger partial charge in [-0.3, -0.25) is 4.99 Å². The smallest absolute Gasteiger partial charge is 0.213 e. The average Bonchev–Trinajstić information content (AvgIpc) is 3.07. The number of nitrogens with zero attached hydrogens (tertiary/aromatic N) is 1. The van der Waals surface area contributed by atoms with Crippen LogP contribution in [0.1, 0.15) is 38.2 Å². The molecule has 25 heavy (non-hydrogen) atoms. The van der Waals surface area contributed by atoms with Gasteiger partial charge in [0.15, 0.2) is 5.96 Å². The van der Waals surface area contributed by atoms with Gasteiger partial charge in [0.1, 0.15) is 0 Å². The van der Waals surface area contributed by atoms with Gasteiger partial charge in [-0.15, -0.1) is 24.0 Å². The van der Waals surface area contributed by atoms with Crippen LogP contribution in [0, 0.1) is 0 Å². The number of hydrogen-bond donors (Lipinski definition) is 3. The number of guanidine groups is 1. The fourth-order valence-electron chi connectivity index (χ4n) is 2.72. The number of hydrogen-bond acceptors (Lipinski definition) is 3. The van der Waals surface area contributed by atoms with E-state index in [0.717, 1.165) is 24.9 Å². The Kier molecular flexibility index (Phi) is 10.4. The molecule has 0 amide bonds. The lowest BCUT2D eigenvalue weighted by Gasteiger charge is -2.16. The van der Waals surface area contributed by atoms with Crippen molar-refractivity contribution in [3.05, 3.63) is 35.9 Å². The molecule has 1 aliphatic carbocycles. The van der Waals surface area contributed by atoms with Crippen LogP contribution in [-0.4, -0.2) is 39.3 Å². The molecule has 3 N–H and O–H groups in total. The molecule has 1 aromatic carbocycles. The maximum absolute atomic E-state index is 12.1. The molecule has 0 aromatic heterocycles. The molecule has 0 saturated heterocycles. The summed E-state index contributed by atoms with van der Waals surface area (Å²) in [7, 11) is -3.33. The second kappa shape index (κ2) is 11.7. The first-order valence-electron chi connectivity index (χ1n) is 8.65. The molecule has 1 aromatic rings. The fraction of sp³-hybridized carbons (Fsp3) is 0.588. The van der Waals surface area contributed by atoms with Crippen LogP contribution >= 0.6 is 24.0 Å². The van der Waals surface area contributed by atoms with Gasteiger partial charge in [0.25, 0.3) is 0 Å². The van der Waals surface area contributed by atoms with Crippen LogP contribution in [0.5, 0.6) is 0 Å². The molecule has 0 spiro atoms. The van der Waals surface area contributed by atoms with E-state index in [1.807, 2.05) is 37.3 Å². The predicted molar refractivity (Wildman–Crippen MR) is 114 cm³/mol. The summed E-state index contributed by atoms with van der Waals surface area (Å²) in [5.74, 6) is 0.698. The molecule has 0 bridgehead atoms. The molecular formula is C17H29IN4O2S. The van der Waals surface area contributed by atoms with Crippen LogP contribution in [0.15, 0.2) is 35.3 Å². The summed E-state index contributed by atoms with van der Waals surface area (Å²) in [5, 5.41) is 6.56. The summed E-state index contributed by atoms with van der Waals surface area (Å²) >= 11 is 0. The van der Waals surface area contributed by atoms with Crippen LogP contribution in [0.3, 0.4) is 0 Å². The van der Waals surface area contributed by atoms with Gasteiger partial charge in [-0.1, -0.05) is 43.2 Å². The molecule has 1 aliphatic rings. The highest BCUT2D eigenvalue weighted by Gasteiger charge is 2.16. The highest BCUT2D eigenvalue weighted by molar-refractivity contribution is 14.0. The van der Waals surface area contributed by atoms with Gasteiger partial charge >= 0.3 is 0 Å². The zero-order valence-electron chi connectivity index (χ0n) is 14.7. The third kappa shape index (κ3) is 8.87. The van der Waals surface area contributed by atoms with Crippen molar-refractivity contribution in [1.82, 2.24) is 15.4 Å². The van der Waals surface area contributed by atoms with Gasteiger partial charge in [0, 0.05) is 19.1 Å². The van der Waals surface area contributed by atoms with E-state index in [-0.39, 0.29) is 36.3 Å². The lowest BCUT2D eigenvalue weighted by atomic mass is 10.2. The predicted octanol–water partition coefficient (Wildman–Crippen LogP) is 2.22. The summed E-state index contributed by atoms with van der Waals surface area (Å²) in [6.07, 6.45) is 4.80. The first-order valence-corrected chi connectivity index (χ1v) is 10.3. The minimum atomic E-state index is -3.33. The third-order valence-corrected chi connectivity index (χ3v) is 5.31. The van der Waals surface area contributed by atoms with E-state index in [9.17, 15) is 8.42 Å². The van der Waals surface area contributed by atoms with Crippen molar-refractivity contribution in [3.8, 4) is 0 Å². The topological polar surface area (TPSA) is 82.6 Å². The summed E-state index contributed by atoms with van der Waals surface area (Å²) in [5.41, 5.74) is 0.945. The fourth-order valence-corrected chi connectivity index (χ4v) is 3.59. The van der Waals surface area contributed by atoms with E-state index >= 15 is 0 Å². The molecule has 0 unspecified atom stereocenters. The Bertz CT molecular complexity index is 617. The molecule has 0 atom stereocenters. The van der Waals surface area contributed by atoms with Crippen molar-refractivity contribution in [2.75, 3.05) is 18.8 Å². The highest BCUT2D eigenvalue weighted by Crippen LogP contribution is 2.17. The molecular weight excluding hydrogens is 451 g/mol. The van der Waals surface area contributed by atoms with Crippen molar-refractivity contribution in [1.29, 1.82) is 0 Å². The largest absolute Gasteiger partial charge is 0.357 e. The third-order valence-electron chi connectivity index (χ3n) is 4.01. The van der Waals surface area contributed by atoms with Crippen molar-refractivity contribution in [3.63, 3.8) is 0 Å². The molecule has 8 heteroatoms. The molecule has 0 radical (unpaired) electrons. The number of rotatable bonds is 8. The quantitative estimate of drug-likeness (QED) is 0.303. The highest BCUT2D eigenvalue weighted by atomic mass is 127. The van der Waals surface area contributed by atoms with Crippen LogP contribution in [-0.2, 0) is 16.6 Å². The first kappa shape index (κ1) is 22.2. The summed E-state index contributed by atoms with van der Waals surface area (Å²) in [4.78, 5) is 4.39. The number of sulfonamides is 1. The second-order valence-electron chi connectivity index (χ2n) is 6.01. The molecule has 0 heterocycles. The second-order valence-corrected chi connectivity index (χ2v) is 7.94. The van der Waals surface area contributed by atoms with Crippen molar-refractivity contribution >= 4 is 40.0 Å². The van der Waals surface area contributed by atoms with E-state index in [0.29, 0.717) is 18.5 Å². The Hall–Kier alpha value is -0.870. The summed E-state index contributed by atoms with van der Waals surface area (Å²) < 4.78 is 26.7. The van der Waals surface area contributed by atoms with Gasteiger partial charge in [-0.05, 0) is 25.3 Å². The number of nitrogens with one attached hydrogen (secondary N) is 3. The van der Waals surface area contributed by atoms with E-state index in [4.69, 9.17) is 0 Å². The lowest BCUT2D eigenvalue weighted by Crippen LogP contribution is -2.42. The minimum Gasteiger partial charge on any atom is -0.357 e. The maximum Gasteiger partial charge on any atom is 0.213 e. The van der Waals surface area contributed by atoms with Crippen molar-refractivity contribution in [2.45, 2.75) is 45.2 Å². The van der Waals surface area contributed by atoms with E-state index in [1.54, 1.807) is 0 Å². The van der Waals surface area contributed by atoms with Crippen molar-refractivity contribution in [2.24, 2.45) is 4.99 Å². The van der Waals surface area contributed by atoms with Crippen LogP contribution < -0.4 is 15.4 Å². The lowest BCUT2D eigenvalue weighted by molar-refractivity contribution is 0.580. The zero-order chi connectivity index (χ0) is 17.3. The van der Waals surface area contributed by atoms with Crippen LogP contribution in [0.4, 0.5) is 0 Å². The molecule has 1 saturated carbocycles. The Labute approximate surface area is 168 Å². The van der Waals surface area contributed by atoms with Gasteiger partial charge in [-0.2, -0.15) is 0 Å². The number of halogens is 1. The van der Waals surface area contributed by atoms with Gasteiger partial charge in [-0.25, -0.2) is 13.1 Å². The van der Waals surface area contributed by atoms with E-state index in [2.05, 4.69) is 20.3 Å². The monoisotopic (exact) mass is 480 g/mol. The Morgan fingerprint density at radius 2 is 1.88 bits per heavy atom. The first-order chi connectivity index (χ1) is 11.6. The molecule has 2 rings (SSSR count). The molecule has 142 valence electrons. The van der Waals surface area contributed by atoms with Crippen LogP contribution in [0.2, 0.25) is 0 Å². The zero-order valence-corrected chi connectivity index (χ0v) is 17.8. The van der Waals surface area contributed by atoms with Crippen molar-refractivity contribution < 1.29 is 8.42 Å². The Morgan fingerprint density at radius 3 is 2.52 bits per heavy atom. The maximum atomic E-state index is 12.1. The normalized spacial score (nSPS) is 15.6.